The van der Waals surface area contributed by atoms with Crippen LogP contribution in [0.25, 0.3) is 0 Å². The number of hydrogen-bond donors (Lipinski definition) is 0. The quantitative estimate of drug-likeness (QED) is 0.731. The van der Waals surface area contributed by atoms with Crippen LogP contribution < -0.4 is 0 Å². The van der Waals surface area contributed by atoms with E-state index in [9.17, 15) is 4.79 Å². The van der Waals surface area contributed by atoms with Crippen molar-refractivity contribution in [3.8, 4) is 0 Å². The Morgan fingerprint density at radius 1 is 1.31 bits per heavy atom. The van der Waals surface area contributed by atoms with Crippen molar-refractivity contribution in [1.29, 1.82) is 0 Å². The molecular formula is C13H17NO2. The lowest BCUT2D eigenvalue weighted by Crippen LogP contribution is -2.32. The summed E-state index contributed by atoms with van der Waals surface area (Å²) in [5.74, 6) is -0.123. The summed E-state index contributed by atoms with van der Waals surface area (Å²) in [6.07, 6.45) is 0.813. The summed E-state index contributed by atoms with van der Waals surface area (Å²) in [4.78, 5) is 13.7. The van der Waals surface area contributed by atoms with Gasteiger partial charge >= 0.3 is 5.97 Å². The fourth-order valence-electron chi connectivity index (χ4n) is 2.06. The molecular weight excluding hydrogens is 202 g/mol. The number of carbonyl (C=O) groups excluding carboxylic acids is 1. The van der Waals surface area contributed by atoms with E-state index in [-0.39, 0.29) is 18.2 Å². The van der Waals surface area contributed by atoms with E-state index in [0.29, 0.717) is 0 Å². The molecule has 1 aliphatic heterocycles. The lowest BCUT2D eigenvalue weighted by atomic mass is 10.1. The molecule has 3 nitrogen and oxygen atoms in total. The molecule has 1 aromatic carbocycles. The molecule has 0 amide bonds. The highest BCUT2D eigenvalue weighted by Crippen LogP contribution is 2.31. The molecule has 0 bridgehead atoms. The van der Waals surface area contributed by atoms with E-state index in [2.05, 4.69) is 11.8 Å². The van der Waals surface area contributed by atoms with Gasteiger partial charge in [0.15, 0.2) is 6.23 Å². The van der Waals surface area contributed by atoms with E-state index < -0.39 is 0 Å². The van der Waals surface area contributed by atoms with Gasteiger partial charge in [-0.25, -0.2) is 0 Å². The van der Waals surface area contributed by atoms with Crippen molar-refractivity contribution in [3.05, 3.63) is 35.9 Å². The second-order valence-corrected chi connectivity index (χ2v) is 4.11. The van der Waals surface area contributed by atoms with E-state index in [1.54, 1.807) is 0 Å². The van der Waals surface area contributed by atoms with Crippen LogP contribution in [0.1, 0.15) is 32.1 Å². The molecule has 1 heterocycles. The smallest absolute Gasteiger partial charge is 0.325 e. The van der Waals surface area contributed by atoms with Crippen LogP contribution in [-0.2, 0) is 9.53 Å². The largest absolute Gasteiger partial charge is 0.441 e. The minimum atomic E-state index is -0.205. The highest BCUT2D eigenvalue weighted by atomic mass is 16.6. The van der Waals surface area contributed by atoms with Crippen LogP contribution in [0.2, 0.25) is 0 Å². The van der Waals surface area contributed by atoms with Crippen molar-refractivity contribution in [3.63, 3.8) is 0 Å². The Labute approximate surface area is 96.0 Å². The summed E-state index contributed by atoms with van der Waals surface area (Å²) in [5.41, 5.74) is 1.05. The van der Waals surface area contributed by atoms with Crippen LogP contribution >= 0.6 is 0 Å². The molecule has 16 heavy (non-hydrogen) atoms. The second kappa shape index (κ2) is 4.66. The molecule has 0 N–H and O–H groups in total. The molecule has 86 valence electrons. The molecule has 0 aromatic heterocycles. The zero-order chi connectivity index (χ0) is 11.5. The summed E-state index contributed by atoms with van der Waals surface area (Å²) in [5, 5.41) is 0. The molecule has 0 radical (unpaired) electrons. The lowest BCUT2D eigenvalue weighted by Gasteiger charge is -2.23. The van der Waals surface area contributed by atoms with Gasteiger partial charge < -0.3 is 4.74 Å². The molecule has 1 saturated heterocycles. The third-order valence-corrected chi connectivity index (χ3v) is 2.93. The molecule has 1 fully saturated rings. The maximum atomic E-state index is 11.6. The number of esters is 1. The number of nitrogens with zero attached hydrogens (tertiary/aromatic N) is 1. The van der Waals surface area contributed by atoms with Crippen molar-refractivity contribution in [1.82, 2.24) is 4.90 Å². The molecule has 0 spiro atoms. The fraction of sp³-hybridized carbons (Fsp3) is 0.462. The van der Waals surface area contributed by atoms with Crippen molar-refractivity contribution < 1.29 is 9.53 Å². The zero-order valence-corrected chi connectivity index (χ0v) is 9.72. The van der Waals surface area contributed by atoms with Crippen LogP contribution in [0.3, 0.4) is 0 Å². The zero-order valence-electron chi connectivity index (χ0n) is 9.72. The van der Waals surface area contributed by atoms with Crippen LogP contribution in [0, 0.1) is 0 Å². The van der Waals surface area contributed by atoms with Gasteiger partial charge in [0.05, 0.1) is 0 Å². The van der Waals surface area contributed by atoms with Gasteiger partial charge in [0.2, 0.25) is 0 Å². The third kappa shape index (κ3) is 1.95. The first-order valence-corrected chi connectivity index (χ1v) is 5.75. The van der Waals surface area contributed by atoms with Crippen LogP contribution in [0.4, 0.5) is 0 Å². The third-order valence-electron chi connectivity index (χ3n) is 2.93. The average molecular weight is 219 g/mol. The summed E-state index contributed by atoms with van der Waals surface area (Å²) in [6.45, 7) is 4.89. The second-order valence-electron chi connectivity index (χ2n) is 4.11. The minimum absolute atomic E-state index is 0.123. The molecule has 1 aliphatic rings. The van der Waals surface area contributed by atoms with Gasteiger partial charge in [0.25, 0.3) is 0 Å². The van der Waals surface area contributed by atoms with Crippen molar-refractivity contribution in [2.45, 2.75) is 32.5 Å². The lowest BCUT2D eigenvalue weighted by molar-refractivity contribution is -0.142. The molecule has 0 aliphatic carbocycles. The molecule has 3 heteroatoms. The Morgan fingerprint density at radius 3 is 2.62 bits per heavy atom. The maximum Gasteiger partial charge on any atom is 0.325 e. The number of benzene rings is 1. The van der Waals surface area contributed by atoms with Gasteiger partial charge in [0.1, 0.15) is 6.04 Å². The Hall–Kier alpha value is -1.35. The molecule has 2 atom stereocenters. The minimum Gasteiger partial charge on any atom is -0.441 e. The number of carbonyl (C=O) groups is 1. The predicted octanol–water partition coefficient (Wildman–Crippen LogP) is 2.34. The number of ether oxygens (including phenoxy) is 1. The summed E-state index contributed by atoms with van der Waals surface area (Å²) in [7, 11) is 0. The van der Waals surface area contributed by atoms with Gasteiger partial charge in [-0.05, 0) is 13.3 Å². The van der Waals surface area contributed by atoms with E-state index >= 15 is 0 Å². The first kappa shape index (κ1) is 11.1. The monoisotopic (exact) mass is 219 g/mol. The van der Waals surface area contributed by atoms with E-state index in [0.717, 1.165) is 18.5 Å². The van der Waals surface area contributed by atoms with Gasteiger partial charge in [-0.1, -0.05) is 37.3 Å². The van der Waals surface area contributed by atoms with Gasteiger partial charge in [0, 0.05) is 12.1 Å². The van der Waals surface area contributed by atoms with E-state index in [4.69, 9.17) is 4.74 Å². The number of hydrogen-bond acceptors (Lipinski definition) is 3. The predicted molar refractivity (Wildman–Crippen MR) is 61.7 cm³/mol. The first-order chi connectivity index (χ1) is 7.74. The normalized spacial score (nSPS) is 25.8. The van der Waals surface area contributed by atoms with Crippen molar-refractivity contribution in [2.24, 2.45) is 0 Å². The van der Waals surface area contributed by atoms with Crippen LogP contribution in [0.5, 0.6) is 0 Å². The highest BCUT2D eigenvalue weighted by molar-refractivity contribution is 5.77. The Kier molecular flexibility index (Phi) is 3.25. The SMILES string of the molecule is CCCN1C(C)C(=O)OC1c1ccccc1. The molecule has 0 saturated carbocycles. The first-order valence-electron chi connectivity index (χ1n) is 5.75. The average Bonchev–Trinajstić information content (AvgIpc) is 2.59. The van der Waals surface area contributed by atoms with E-state index in [1.807, 2.05) is 37.3 Å². The molecule has 2 unspecified atom stereocenters. The van der Waals surface area contributed by atoms with Crippen LogP contribution in [-0.4, -0.2) is 23.5 Å². The summed E-state index contributed by atoms with van der Waals surface area (Å²) >= 11 is 0. The number of cyclic esters (lactones) is 1. The maximum absolute atomic E-state index is 11.6. The van der Waals surface area contributed by atoms with Crippen molar-refractivity contribution >= 4 is 5.97 Å². The Balaban J connectivity index is 2.23. The molecule has 2 rings (SSSR count). The standard InChI is InChI=1S/C13H17NO2/c1-3-9-14-10(2)13(15)16-12(14)11-7-5-4-6-8-11/h4-8,10,12H,3,9H2,1-2H3. The van der Waals surface area contributed by atoms with Gasteiger partial charge in [-0.15, -0.1) is 0 Å². The summed E-state index contributed by atoms with van der Waals surface area (Å²) in [6, 6.07) is 9.77. The highest BCUT2D eigenvalue weighted by Gasteiger charge is 2.39. The van der Waals surface area contributed by atoms with Crippen LogP contribution in [0.15, 0.2) is 30.3 Å². The van der Waals surface area contributed by atoms with E-state index in [1.165, 1.54) is 0 Å². The van der Waals surface area contributed by atoms with Crippen molar-refractivity contribution in [2.75, 3.05) is 6.54 Å². The number of rotatable bonds is 3. The summed E-state index contributed by atoms with van der Waals surface area (Å²) < 4.78 is 5.41. The Morgan fingerprint density at radius 2 is 2.00 bits per heavy atom. The Bertz CT molecular complexity index is 363. The fourth-order valence-corrected chi connectivity index (χ4v) is 2.06. The topological polar surface area (TPSA) is 29.5 Å². The van der Waals surface area contributed by atoms with Gasteiger partial charge in [-0.2, -0.15) is 0 Å². The molecule has 1 aromatic rings. The van der Waals surface area contributed by atoms with Gasteiger partial charge in [-0.3, -0.25) is 9.69 Å².